The molecule has 0 aliphatic carbocycles. The molecule has 1 aromatic rings. The summed E-state index contributed by atoms with van der Waals surface area (Å²) in [5, 5.41) is 8.98. The van der Waals surface area contributed by atoms with E-state index in [9.17, 15) is 12.8 Å². The van der Waals surface area contributed by atoms with Crippen molar-refractivity contribution in [3.8, 4) is 6.07 Å². The number of halogens is 1. The highest BCUT2D eigenvalue weighted by atomic mass is 32.2. The summed E-state index contributed by atoms with van der Waals surface area (Å²) in [4.78, 5) is 1.84. The largest absolute Gasteiger partial charge is 0.369 e. The predicted molar refractivity (Wildman–Crippen MR) is 66.6 cm³/mol. The van der Waals surface area contributed by atoms with Gasteiger partial charge in [0, 0.05) is 13.1 Å². The average Bonchev–Trinajstić information content (AvgIpc) is 2.50. The van der Waals surface area contributed by atoms with Crippen molar-refractivity contribution < 1.29 is 12.8 Å². The van der Waals surface area contributed by atoms with Crippen LogP contribution < -0.4 is 4.90 Å². The van der Waals surface area contributed by atoms with Crippen molar-refractivity contribution in [3.63, 3.8) is 0 Å². The second-order valence-electron chi connectivity index (χ2n) is 4.27. The topological polar surface area (TPSA) is 61.2 Å². The summed E-state index contributed by atoms with van der Waals surface area (Å²) in [6, 6.07) is 5.94. The van der Waals surface area contributed by atoms with Crippen LogP contribution >= 0.6 is 0 Å². The number of hydrogen-bond donors (Lipinski definition) is 0. The SMILES string of the molecule is N#Cc1cc(F)ccc1N1CCCS(=O)(=O)CC1. The smallest absolute Gasteiger partial charge is 0.152 e. The average molecular weight is 268 g/mol. The van der Waals surface area contributed by atoms with Crippen LogP contribution in [-0.2, 0) is 9.84 Å². The molecule has 0 N–H and O–H groups in total. The fourth-order valence-electron chi connectivity index (χ4n) is 2.05. The summed E-state index contributed by atoms with van der Waals surface area (Å²) in [5.74, 6) is -0.209. The lowest BCUT2D eigenvalue weighted by molar-refractivity contribution is 0.597. The third-order valence-electron chi connectivity index (χ3n) is 2.98. The third kappa shape index (κ3) is 2.79. The predicted octanol–water partition coefficient (Wildman–Crippen LogP) is 1.32. The molecular formula is C12H13FN2O2S. The molecule has 0 spiro atoms. The summed E-state index contributed by atoms with van der Waals surface area (Å²) >= 11 is 0. The van der Waals surface area contributed by atoms with Crippen molar-refractivity contribution in [2.24, 2.45) is 0 Å². The number of rotatable bonds is 1. The highest BCUT2D eigenvalue weighted by Crippen LogP contribution is 2.22. The van der Waals surface area contributed by atoms with E-state index in [1.807, 2.05) is 11.0 Å². The molecule has 0 saturated carbocycles. The number of anilines is 1. The number of sulfone groups is 1. The Morgan fingerprint density at radius 2 is 2.06 bits per heavy atom. The number of nitriles is 1. The quantitative estimate of drug-likeness (QED) is 0.770. The summed E-state index contributed by atoms with van der Waals surface area (Å²) in [7, 11) is -2.99. The van der Waals surface area contributed by atoms with Crippen LogP contribution in [-0.4, -0.2) is 33.0 Å². The Kier molecular flexibility index (Phi) is 3.53. The molecular weight excluding hydrogens is 255 g/mol. The molecule has 96 valence electrons. The van der Waals surface area contributed by atoms with Crippen molar-refractivity contribution in [1.29, 1.82) is 5.26 Å². The van der Waals surface area contributed by atoms with E-state index in [0.29, 0.717) is 25.2 Å². The Hall–Kier alpha value is -1.61. The van der Waals surface area contributed by atoms with E-state index in [1.165, 1.54) is 18.2 Å². The van der Waals surface area contributed by atoms with Gasteiger partial charge in [-0.15, -0.1) is 0 Å². The Balaban J connectivity index is 2.30. The van der Waals surface area contributed by atoms with Gasteiger partial charge in [0.2, 0.25) is 0 Å². The highest BCUT2D eigenvalue weighted by Gasteiger charge is 2.21. The molecule has 0 aromatic heterocycles. The Morgan fingerprint density at radius 3 is 2.78 bits per heavy atom. The van der Waals surface area contributed by atoms with Crippen molar-refractivity contribution in [1.82, 2.24) is 0 Å². The lowest BCUT2D eigenvalue weighted by atomic mass is 10.1. The maximum Gasteiger partial charge on any atom is 0.152 e. The fourth-order valence-corrected chi connectivity index (χ4v) is 3.32. The van der Waals surface area contributed by atoms with Crippen LogP contribution in [0.1, 0.15) is 12.0 Å². The number of hydrogen-bond acceptors (Lipinski definition) is 4. The second kappa shape index (κ2) is 4.94. The summed E-state index contributed by atoms with van der Waals surface area (Å²) < 4.78 is 36.0. The summed E-state index contributed by atoms with van der Waals surface area (Å²) in [5.41, 5.74) is 0.852. The van der Waals surface area contributed by atoms with E-state index in [-0.39, 0.29) is 17.1 Å². The molecule has 0 amide bonds. The number of benzene rings is 1. The molecule has 1 aliphatic heterocycles. The molecule has 1 fully saturated rings. The van der Waals surface area contributed by atoms with Crippen molar-refractivity contribution in [2.75, 3.05) is 29.5 Å². The third-order valence-corrected chi connectivity index (χ3v) is 4.69. The molecule has 4 nitrogen and oxygen atoms in total. The maximum absolute atomic E-state index is 13.0. The molecule has 6 heteroatoms. The van der Waals surface area contributed by atoms with Crippen LogP contribution in [0.4, 0.5) is 10.1 Å². The van der Waals surface area contributed by atoms with Gasteiger partial charge >= 0.3 is 0 Å². The van der Waals surface area contributed by atoms with Crippen LogP contribution in [0.2, 0.25) is 0 Å². The maximum atomic E-state index is 13.0. The standard InChI is InChI=1S/C12H13FN2O2S/c13-11-2-3-12(10(8-11)9-14)15-4-1-6-18(16,17)7-5-15/h2-3,8H,1,4-7H2. The summed E-state index contributed by atoms with van der Waals surface area (Å²) in [6.45, 7) is 0.919. The van der Waals surface area contributed by atoms with Gasteiger partial charge in [-0.3, -0.25) is 0 Å². The van der Waals surface area contributed by atoms with Gasteiger partial charge in [0.25, 0.3) is 0 Å². The van der Waals surface area contributed by atoms with E-state index in [2.05, 4.69) is 0 Å². The van der Waals surface area contributed by atoms with E-state index < -0.39 is 15.7 Å². The minimum Gasteiger partial charge on any atom is -0.369 e. The lowest BCUT2D eigenvalue weighted by Gasteiger charge is -2.23. The van der Waals surface area contributed by atoms with Crippen LogP contribution in [0.15, 0.2) is 18.2 Å². The van der Waals surface area contributed by atoms with Gasteiger partial charge in [0.15, 0.2) is 9.84 Å². The van der Waals surface area contributed by atoms with E-state index in [4.69, 9.17) is 5.26 Å². The zero-order valence-electron chi connectivity index (χ0n) is 9.76. The van der Waals surface area contributed by atoms with Crippen molar-refractivity contribution in [2.45, 2.75) is 6.42 Å². The molecule has 0 unspecified atom stereocenters. The van der Waals surface area contributed by atoms with Gasteiger partial charge in [-0.2, -0.15) is 5.26 Å². The first-order valence-electron chi connectivity index (χ1n) is 5.67. The summed E-state index contributed by atoms with van der Waals surface area (Å²) in [6.07, 6.45) is 0.532. The molecule has 18 heavy (non-hydrogen) atoms. The van der Waals surface area contributed by atoms with Crippen molar-refractivity contribution in [3.05, 3.63) is 29.6 Å². The minimum absolute atomic E-state index is 0.0786. The Labute approximate surface area is 106 Å². The van der Waals surface area contributed by atoms with Gasteiger partial charge in [0.1, 0.15) is 11.9 Å². The Morgan fingerprint density at radius 1 is 1.28 bits per heavy atom. The monoisotopic (exact) mass is 268 g/mol. The molecule has 1 saturated heterocycles. The first-order valence-corrected chi connectivity index (χ1v) is 7.49. The van der Waals surface area contributed by atoms with Gasteiger partial charge in [-0.25, -0.2) is 12.8 Å². The van der Waals surface area contributed by atoms with Crippen LogP contribution in [0.5, 0.6) is 0 Å². The van der Waals surface area contributed by atoms with Gasteiger partial charge in [-0.05, 0) is 24.6 Å². The molecule has 0 radical (unpaired) electrons. The molecule has 0 atom stereocenters. The first kappa shape index (κ1) is 12.8. The van der Waals surface area contributed by atoms with Crippen LogP contribution in [0.3, 0.4) is 0 Å². The highest BCUT2D eigenvalue weighted by molar-refractivity contribution is 7.91. The zero-order chi connectivity index (χ0) is 13.2. The molecule has 0 bridgehead atoms. The van der Waals surface area contributed by atoms with Crippen LogP contribution in [0, 0.1) is 17.1 Å². The van der Waals surface area contributed by atoms with Crippen molar-refractivity contribution >= 4 is 15.5 Å². The van der Waals surface area contributed by atoms with Gasteiger partial charge < -0.3 is 4.90 Å². The fraction of sp³-hybridized carbons (Fsp3) is 0.417. The molecule has 1 heterocycles. The molecule has 1 aliphatic rings. The van der Waals surface area contributed by atoms with E-state index in [0.717, 1.165) is 0 Å². The molecule has 1 aromatic carbocycles. The second-order valence-corrected chi connectivity index (χ2v) is 6.57. The minimum atomic E-state index is -2.99. The van der Waals surface area contributed by atoms with E-state index in [1.54, 1.807) is 0 Å². The zero-order valence-corrected chi connectivity index (χ0v) is 10.6. The van der Waals surface area contributed by atoms with E-state index >= 15 is 0 Å². The number of nitrogens with zero attached hydrogens (tertiary/aromatic N) is 2. The first-order chi connectivity index (χ1) is 8.52. The van der Waals surface area contributed by atoms with Crippen LogP contribution in [0.25, 0.3) is 0 Å². The normalized spacial score (nSPS) is 19.0. The lowest BCUT2D eigenvalue weighted by Crippen LogP contribution is -2.27. The van der Waals surface area contributed by atoms with Gasteiger partial charge in [-0.1, -0.05) is 0 Å². The van der Waals surface area contributed by atoms with Gasteiger partial charge in [0.05, 0.1) is 22.8 Å². The Bertz CT molecular complexity index is 593. The molecule has 2 rings (SSSR count).